The highest BCUT2D eigenvalue weighted by atomic mass is 19.3. The summed E-state index contributed by atoms with van der Waals surface area (Å²) < 4.78 is 25.5. The van der Waals surface area contributed by atoms with Gasteiger partial charge in [-0.3, -0.25) is 10.5 Å². The van der Waals surface area contributed by atoms with Crippen LogP contribution in [0.25, 0.3) is 0 Å². The van der Waals surface area contributed by atoms with Crippen LogP contribution in [0.15, 0.2) is 24.3 Å². The molecule has 15 heavy (non-hydrogen) atoms. The number of benzene rings is 1. The number of carbonyl (C=O) groups is 1. The average molecular weight is 213 g/mol. The quantitative estimate of drug-likeness (QED) is 0.619. The number of nitrogens with two attached hydrogens (primary N) is 1. The van der Waals surface area contributed by atoms with Crippen molar-refractivity contribution in [2.75, 3.05) is 0 Å². The van der Waals surface area contributed by atoms with Crippen LogP contribution in [0.2, 0.25) is 0 Å². The second-order valence-corrected chi connectivity index (χ2v) is 3.57. The lowest BCUT2D eigenvalue weighted by molar-refractivity contribution is -0.0156. The fourth-order valence-corrected chi connectivity index (χ4v) is 1.23. The topological polar surface area (TPSA) is 43.1 Å². The molecule has 0 heterocycles. The summed E-state index contributed by atoms with van der Waals surface area (Å²) in [5.74, 6) is -1.15. The predicted octanol–water partition coefficient (Wildman–Crippen LogP) is 2.54. The van der Waals surface area contributed by atoms with Gasteiger partial charge in [0, 0.05) is 5.56 Å². The summed E-state index contributed by atoms with van der Waals surface area (Å²) in [6, 6.07) is 2.82. The third-order valence-corrected chi connectivity index (χ3v) is 2.39. The van der Waals surface area contributed by atoms with E-state index in [1.807, 2.05) is 0 Å². The zero-order valence-electron chi connectivity index (χ0n) is 8.63. The highest BCUT2D eigenvalue weighted by Gasteiger charge is 2.32. The zero-order valence-corrected chi connectivity index (χ0v) is 8.63. The van der Waals surface area contributed by atoms with E-state index >= 15 is 0 Å². The molecule has 82 valence electrons. The summed E-state index contributed by atoms with van der Waals surface area (Å²) in [6.45, 7) is 2.78. The SMILES string of the molecule is CC(=O)c1ccc(C(C)C(N)(F)F)cc1. The molecule has 2 nitrogen and oxygen atoms in total. The second-order valence-electron chi connectivity index (χ2n) is 3.57. The Bertz CT molecular complexity index is 354. The van der Waals surface area contributed by atoms with E-state index in [1.54, 1.807) is 0 Å². The lowest BCUT2D eigenvalue weighted by Gasteiger charge is -2.19. The number of ketones is 1. The van der Waals surface area contributed by atoms with Crippen molar-refractivity contribution in [3.05, 3.63) is 35.4 Å². The molecule has 1 atom stereocenters. The molecule has 0 aliphatic rings. The molecule has 0 fully saturated rings. The lowest BCUT2D eigenvalue weighted by atomic mass is 9.97. The van der Waals surface area contributed by atoms with Gasteiger partial charge in [0.25, 0.3) is 0 Å². The molecule has 1 rings (SSSR count). The highest BCUT2D eigenvalue weighted by molar-refractivity contribution is 5.94. The van der Waals surface area contributed by atoms with Gasteiger partial charge in [-0.05, 0) is 12.5 Å². The van der Waals surface area contributed by atoms with Crippen LogP contribution < -0.4 is 5.73 Å². The van der Waals surface area contributed by atoms with Gasteiger partial charge < -0.3 is 0 Å². The Kier molecular flexibility index (Phi) is 3.19. The molecule has 1 aromatic carbocycles. The Balaban J connectivity index is 2.94. The largest absolute Gasteiger partial charge is 0.306 e. The molecule has 1 aromatic rings. The van der Waals surface area contributed by atoms with Crippen molar-refractivity contribution in [1.82, 2.24) is 0 Å². The first kappa shape index (κ1) is 11.8. The zero-order chi connectivity index (χ0) is 11.6. The Labute approximate surface area is 87.1 Å². The summed E-state index contributed by atoms with van der Waals surface area (Å²) in [5, 5.41) is 0. The van der Waals surface area contributed by atoms with Crippen LogP contribution >= 0.6 is 0 Å². The first-order valence-corrected chi connectivity index (χ1v) is 4.60. The summed E-state index contributed by atoms with van der Waals surface area (Å²) in [5.41, 5.74) is 5.64. The van der Waals surface area contributed by atoms with Crippen molar-refractivity contribution in [2.45, 2.75) is 25.8 Å². The minimum atomic E-state index is -3.24. The summed E-state index contributed by atoms with van der Waals surface area (Å²) >= 11 is 0. The van der Waals surface area contributed by atoms with Gasteiger partial charge in [-0.2, -0.15) is 8.78 Å². The van der Waals surface area contributed by atoms with Crippen LogP contribution in [0, 0.1) is 0 Å². The lowest BCUT2D eigenvalue weighted by Crippen LogP contribution is -2.34. The maximum Gasteiger partial charge on any atom is 0.306 e. The van der Waals surface area contributed by atoms with E-state index in [2.05, 4.69) is 0 Å². The Hall–Kier alpha value is -1.29. The van der Waals surface area contributed by atoms with Crippen LogP contribution in [0.5, 0.6) is 0 Å². The molecule has 0 radical (unpaired) electrons. The van der Waals surface area contributed by atoms with Gasteiger partial charge in [-0.15, -0.1) is 0 Å². The van der Waals surface area contributed by atoms with E-state index in [0.717, 1.165) is 0 Å². The molecular weight excluding hydrogens is 200 g/mol. The van der Waals surface area contributed by atoms with Crippen LogP contribution in [-0.4, -0.2) is 11.8 Å². The average Bonchev–Trinajstić information content (AvgIpc) is 2.15. The van der Waals surface area contributed by atoms with Crippen molar-refractivity contribution in [3.63, 3.8) is 0 Å². The summed E-state index contributed by atoms with van der Waals surface area (Å²) in [6.07, 6.45) is 0. The number of carbonyl (C=O) groups excluding carboxylic acids is 1. The van der Waals surface area contributed by atoms with E-state index in [4.69, 9.17) is 5.73 Å². The van der Waals surface area contributed by atoms with Gasteiger partial charge in [-0.25, -0.2) is 0 Å². The third-order valence-electron chi connectivity index (χ3n) is 2.39. The third kappa shape index (κ3) is 2.83. The van der Waals surface area contributed by atoms with Crippen molar-refractivity contribution in [1.29, 1.82) is 0 Å². The monoisotopic (exact) mass is 213 g/mol. The van der Waals surface area contributed by atoms with Crippen molar-refractivity contribution in [3.8, 4) is 0 Å². The molecule has 0 spiro atoms. The Morgan fingerprint density at radius 2 is 1.80 bits per heavy atom. The molecule has 0 amide bonds. The molecule has 0 aliphatic carbocycles. The second kappa shape index (κ2) is 4.06. The van der Waals surface area contributed by atoms with Crippen LogP contribution in [0.3, 0.4) is 0 Å². The van der Waals surface area contributed by atoms with E-state index in [-0.39, 0.29) is 5.78 Å². The smallest absolute Gasteiger partial charge is 0.295 e. The number of rotatable bonds is 3. The van der Waals surface area contributed by atoms with Gasteiger partial charge in [-0.1, -0.05) is 31.2 Å². The maximum absolute atomic E-state index is 12.8. The molecule has 2 N–H and O–H groups in total. The van der Waals surface area contributed by atoms with E-state index in [9.17, 15) is 13.6 Å². The van der Waals surface area contributed by atoms with E-state index < -0.39 is 12.0 Å². The number of hydrogen-bond acceptors (Lipinski definition) is 2. The molecular formula is C11H13F2NO. The van der Waals surface area contributed by atoms with E-state index in [1.165, 1.54) is 38.1 Å². The van der Waals surface area contributed by atoms with Crippen LogP contribution in [0.4, 0.5) is 8.78 Å². The molecule has 4 heteroatoms. The van der Waals surface area contributed by atoms with Gasteiger partial charge in [0.15, 0.2) is 5.78 Å². The molecule has 0 saturated carbocycles. The molecule has 0 aromatic heterocycles. The first-order chi connectivity index (χ1) is 6.82. The van der Waals surface area contributed by atoms with Gasteiger partial charge in [0.05, 0.1) is 5.92 Å². The van der Waals surface area contributed by atoms with Crippen molar-refractivity contribution in [2.24, 2.45) is 5.73 Å². The molecule has 0 bridgehead atoms. The van der Waals surface area contributed by atoms with Gasteiger partial charge in [0.1, 0.15) is 0 Å². The minimum Gasteiger partial charge on any atom is -0.295 e. The number of halogens is 2. The van der Waals surface area contributed by atoms with Gasteiger partial charge >= 0.3 is 6.05 Å². The fraction of sp³-hybridized carbons (Fsp3) is 0.364. The first-order valence-electron chi connectivity index (χ1n) is 4.60. The highest BCUT2D eigenvalue weighted by Crippen LogP contribution is 2.28. The minimum absolute atomic E-state index is 0.0892. The molecule has 0 saturated heterocycles. The number of alkyl halides is 2. The van der Waals surface area contributed by atoms with Crippen LogP contribution in [0.1, 0.15) is 35.7 Å². The predicted molar refractivity (Wildman–Crippen MR) is 54.0 cm³/mol. The standard InChI is InChI=1S/C11H13F2NO/c1-7(11(12,13)14)9-3-5-10(6-4-9)8(2)15/h3-7H,14H2,1-2H3. The van der Waals surface area contributed by atoms with E-state index in [0.29, 0.717) is 11.1 Å². The summed E-state index contributed by atoms with van der Waals surface area (Å²) in [7, 11) is 0. The molecule has 0 aliphatic heterocycles. The van der Waals surface area contributed by atoms with Crippen LogP contribution in [-0.2, 0) is 0 Å². The number of Topliss-reactive ketones (excluding diaryl/α,β-unsaturated/α-hetero) is 1. The van der Waals surface area contributed by atoms with Crippen molar-refractivity contribution < 1.29 is 13.6 Å². The Morgan fingerprint density at radius 1 is 1.33 bits per heavy atom. The normalized spacial score (nSPS) is 13.7. The van der Waals surface area contributed by atoms with Crippen molar-refractivity contribution >= 4 is 5.78 Å². The maximum atomic E-state index is 12.8. The fourth-order valence-electron chi connectivity index (χ4n) is 1.23. The molecule has 1 unspecified atom stereocenters. The van der Waals surface area contributed by atoms with Gasteiger partial charge in [0.2, 0.25) is 0 Å². The number of hydrogen-bond donors (Lipinski definition) is 1. The summed E-state index contributed by atoms with van der Waals surface area (Å²) in [4.78, 5) is 11.0. The Morgan fingerprint density at radius 3 is 2.13 bits per heavy atom.